The minimum atomic E-state index is 0.843. The minimum absolute atomic E-state index is 0.843. The number of fused-ring (bicyclic) bond motifs is 3. The van der Waals surface area contributed by atoms with E-state index >= 15 is 0 Å². The molecule has 0 atom stereocenters. The topological polar surface area (TPSA) is 30.2 Å². The van der Waals surface area contributed by atoms with E-state index in [0.717, 1.165) is 18.0 Å². The molecule has 0 radical (unpaired) electrons. The Balaban J connectivity index is 2.34. The van der Waals surface area contributed by atoms with Crippen LogP contribution in [-0.4, -0.2) is 20.1 Å². The van der Waals surface area contributed by atoms with Crippen molar-refractivity contribution in [3.05, 3.63) is 29.8 Å². The highest BCUT2D eigenvalue weighted by Gasteiger charge is 2.15. The predicted octanol–water partition coefficient (Wildman–Crippen LogP) is 1.52. The summed E-state index contributed by atoms with van der Waals surface area (Å²) in [5.41, 5.74) is 2.57. The van der Waals surface area contributed by atoms with E-state index in [-0.39, 0.29) is 0 Å². The van der Waals surface area contributed by atoms with Crippen LogP contribution in [-0.2, 0) is 12.2 Å². The molecule has 0 amide bonds. The van der Waals surface area contributed by atoms with Crippen LogP contribution in [0.4, 0.5) is 0 Å². The molecule has 1 aliphatic heterocycles. The molecule has 0 saturated carbocycles. The summed E-state index contributed by atoms with van der Waals surface area (Å²) in [7, 11) is 0. The van der Waals surface area contributed by atoms with Crippen molar-refractivity contribution < 1.29 is 0 Å². The summed E-state index contributed by atoms with van der Waals surface area (Å²) in [6, 6.07) is 1.95. The van der Waals surface area contributed by atoms with Gasteiger partial charge in [-0.15, -0.1) is 0 Å². The quantitative estimate of drug-likeness (QED) is 0.632. The highest BCUT2D eigenvalue weighted by Crippen LogP contribution is 2.24. The van der Waals surface area contributed by atoms with Gasteiger partial charge in [0.15, 0.2) is 0 Å². The van der Waals surface area contributed by atoms with Crippen LogP contribution in [0.2, 0.25) is 0 Å². The summed E-state index contributed by atoms with van der Waals surface area (Å²) in [5.74, 6) is 3.11. The van der Waals surface area contributed by atoms with Gasteiger partial charge in [0.05, 0.1) is 11.4 Å². The molecule has 0 saturated heterocycles. The van der Waals surface area contributed by atoms with Gasteiger partial charge in [-0.25, -0.2) is 9.97 Å². The first-order valence-electron chi connectivity index (χ1n) is 4.34. The second-order valence-corrected chi connectivity index (χ2v) is 4.20. The lowest BCUT2D eigenvalue weighted by Crippen LogP contribution is -2.02. The zero-order valence-electron chi connectivity index (χ0n) is 7.10. The number of rotatable bonds is 0. The molecule has 0 N–H and O–H groups in total. The van der Waals surface area contributed by atoms with E-state index in [9.17, 15) is 0 Å². The van der Waals surface area contributed by atoms with Crippen molar-refractivity contribution in [2.45, 2.75) is 12.2 Å². The fourth-order valence-corrected chi connectivity index (χ4v) is 2.65. The van der Waals surface area contributed by atoms with Gasteiger partial charge in [-0.3, -0.25) is 4.40 Å². The van der Waals surface area contributed by atoms with Crippen LogP contribution >= 0.6 is 11.8 Å². The van der Waals surface area contributed by atoms with Crippen molar-refractivity contribution >= 4 is 17.5 Å². The van der Waals surface area contributed by atoms with Crippen molar-refractivity contribution in [1.29, 1.82) is 0 Å². The third-order valence-electron chi connectivity index (χ3n) is 2.31. The van der Waals surface area contributed by atoms with Crippen molar-refractivity contribution in [3.8, 4) is 0 Å². The Labute approximate surface area is 80.2 Å². The van der Waals surface area contributed by atoms with Crippen molar-refractivity contribution in [1.82, 2.24) is 14.4 Å². The van der Waals surface area contributed by atoms with E-state index in [1.165, 1.54) is 17.1 Å². The summed E-state index contributed by atoms with van der Waals surface area (Å²) >= 11 is 1.97. The first-order chi connectivity index (χ1) is 6.45. The Morgan fingerprint density at radius 3 is 3.46 bits per heavy atom. The standard InChI is InChI=1S/C9H9N3S/c1-3-10-9-11-7-2-5-13-6-8(7)12(9)4-1/h1,3-4H,2,5-6H2. The third-order valence-corrected chi connectivity index (χ3v) is 3.28. The highest BCUT2D eigenvalue weighted by molar-refractivity contribution is 7.98. The van der Waals surface area contributed by atoms with Gasteiger partial charge in [0.25, 0.3) is 0 Å². The molecule has 0 bridgehead atoms. The van der Waals surface area contributed by atoms with Gasteiger partial charge < -0.3 is 0 Å². The average Bonchev–Trinajstić information content (AvgIpc) is 2.56. The predicted molar refractivity (Wildman–Crippen MR) is 52.9 cm³/mol. The van der Waals surface area contributed by atoms with Gasteiger partial charge in [-0.2, -0.15) is 11.8 Å². The third kappa shape index (κ3) is 1.05. The first-order valence-corrected chi connectivity index (χ1v) is 5.49. The minimum Gasteiger partial charge on any atom is -0.287 e. The average molecular weight is 191 g/mol. The van der Waals surface area contributed by atoms with Crippen LogP contribution in [0.15, 0.2) is 18.5 Å². The van der Waals surface area contributed by atoms with Gasteiger partial charge in [0.1, 0.15) is 0 Å². The number of thioether (sulfide) groups is 1. The Kier molecular flexibility index (Phi) is 1.55. The first kappa shape index (κ1) is 7.38. The molecular formula is C9H9N3S. The maximum absolute atomic E-state index is 4.49. The monoisotopic (exact) mass is 191 g/mol. The molecule has 0 unspecified atom stereocenters. The number of nitrogens with zero attached hydrogens (tertiary/aromatic N) is 3. The van der Waals surface area contributed by atoms with Crippen LogP contribution in [0, 0.1) is 0 Å². The lowest BCUT2D eigenvalue weighted by molar-refractivity contribution is 0.988. The van der Waals surface area contributed by atoms with Gasteiger partial charge >= 0.3 is 0 Å². The Morgan fingerprint density at radius 2 is 2.46 bits per heavy atom. The summed E-state index contributed by atoms with van der Waals surface area (Å²) < 4.78 is 2.10. The Bertz CT molecular complexity index is 449. The number of aromatic nitrogens is 3. The summed E-state index contributed by atoms with van der Waals surface area (Å²) in [5, 5.41) is 0. The van der Waals surface area contributed by atoms with Crippen molar-refractivity contribution in [3.63, 3.8) is 0 Å². The van der Waals surface area contributed by atoms with E-state index in [0.29, 0.717) is 0 Å². The van der Waals surface area contributed by atoms with Crippen LogP contribution in [0.5, 0.6) is 0 Å². The van der Waals surface area contributed by atoms with Gasteiger partial charge in [-0.05, 0) is 11.8 Å². The Hall–Kier alpha value is -1.03. The lowest BCUT2D eigenvalue weighted by atomic mass is 10.3. The molecule has 13 heavy (non-hydrogen) atoms. The molecule has 3 nitrogen and oxygen atoms in total. The molecule has 0 aliphatic carbocycles. The zero-order chi connectivity index (χ0) is 8.67. The fourth-order valence-electron chi connectivity index (χ4n) is 1.67. The molecule has 1 aliphatic rings. The molecule has 0 fully saturated rings. The second kappa shape index (κ2) is 2.73. The van der Waals surface area contributed by atoms with E-state index < -0.39 is 0 Å². The summed E-state index contributed by atoms with van der Waals surface area (Å²) in [6.07, 6.45) is 4.92. The lowest BCUT2D eigenvalue weighted by Gasteiger charge is -2.09. The number of hydrogen-bond donors (Lipinski definition) is 0. The molecular weight excluding hydrogens is 182 g/mol. The maximum Gasteiger partial charge on any atom is 0.234 e. The van der Waals surface area contributed by atoms with Gasteiger partial charge in [0.2, 0.25) is 5.78 Å². The molecule has 2 aromatic heterocycles. The van der Waals surface area contributed by atoms with Crippen LogP contribution in [0.1, 0.15) is 11.4 Å². The Morgan fingerprint density at radius 1 is 1.46 bits per heavy atom. The van der Waals surface area contributed by atoms with Crippen molar-refractivity contribution in [2.75, 3.05) is 5.75 Å². The summed E-state index contributed by atoms with van der Waals surface area (Å²) in [4.78, 5) is 8.72. The van der Waals surface area contributed by atoms with Crippen LogP contribution in [0.25, 0.3) is 5.78 Å². The number of aryl methyl sites for hydroxylation is 1. The molecule has 0 spiro atoms. The van der Waals surface area contributed by atoms with E-state index in [1.807, 2.05) is 24.0 Å². The molecule has 4 heteroatoms. The fraction of sp³-hybridized carbons (Fsp3) is 0.333. The van der Waals surface area contributed by atoms with Crippen LogP contribution < -0.4 is 0 Å². The summed E-state index contributed by atoms with van der Waals surface area (Å²) in [6.45, 7) is 0. The molecule has 0 aromatic carbocycles. The maximum atomic E-state index is 4.49. The SMILES string of the molecule is c1cnc2nc3c(n2c1)CSCC3. The molecule has 66 valence electrons. The molecule has 3 heterocycles. The van der Waals surface area contributed by atoms with E-state index in [1.54, 1.807) is 6.20 Å². The largest absolute Gasteiger partial charge is 0.287 e. The molecule has 2 aromatic rings. The van der Waals surface area contributed by atoms with Gasteiger partial charge in [-0.1, -0.05) is 0 Å². The van der Waals surface area contributed by atoms with Gasteiger partial charge in [0, 0.05) is 24.6 Å². The smallest absolute Gasteiger partial charge is 0.234 e. The molecule has 3 rings (SSSR count). The zero-order valence-corrected chi connectivity index (χ0v) is 7.92. The highest BCUT2D eigenvalue weighted by atomic mass is 32.2. The second-order valence-electron chi connectivity index (χ2n) is 3.10. The number of hydrogen-bond acceptors (Lipinski definition) is 3. The normalized spacial score (nSPS) is 16.0. The van der Waals surface area contributed by atoms with Crippen LogP contribution in [0.3, 0.4) is 0 Å². The van der Waals surface area contributed by atoms with E-state index in [2.05, 4.69) is 14.4 Å². The number of imidazole rings is 1. The van der Waals surface area contributed by atoms with Crippen molar-refractivity contribution in [2.24, 2.45) is 0 Å². The van der Waals surface area contributed by atoms with E-state index in [4.69, 9.17) is 0 Å².